The first-order valence-electron chi connectivity index (χ1n) is 15.3. The summed E-state index contributed by atoms with van der Waals surface area (Å²) >= 11 is 6.31. The van der Waals surface area contributed by atoms with Crippen LogP contribution in [0.15, 0.2) is 60.7 Å². The molecule has 230 valence electrons. The van der Waals surface area contributed by atoms with Crippen LogP contribution in [-0.2, 0) is 17.8 Å². The van der Waals surface area contributed by atoms with E-state index < -0.39 is 5.97 Å². The number of fused-ring (bicyclic) bond motifs is 2. The topological polar surface area (TPSA) is 96.4 Å². The Kier molecular flexibility index (Phi) is 8.91. The van der Waals surface area contributed by atoms with Crippen LogP contribution in [0.5, 0.6) is 11.5 Å². The molecule has 1 N–H and O–H groups in total. The molecule has 2 aliphatic carbocycles. The molecule has 9 heteroatoms. The second kappa shape index (κ2) is 13.0. The third-order valence-electron chi connectivity index (χ3n) is 9.34. The summed E-state index contributed by atoms with van der Waals surface area (Å²) in [7, 11) is 1.60. The van der Waals surface area contributed by atoms with Crippen molar-refractivity contribution >= 4 is 29.4 Å². The van der Waals surface area contributed by atoms with E-state index in [1.54, 1.807) is 31.4 Å². The Morgan fingerprint density at radius 1 is 0.955 bits per heavy atom. The first kappa shape index (κ1) is 30.2. The Morgan fingerprint density at radius 3 is 2.36 bits per heavy atom. The van der Waals surface area contributed by atoms with Crippen molar-refractivity contribution in [3.05, 3.63) is 93.5 Å². The Balaban J connectivity index is 1.14. The monoisotopic (exact) mass is 616 g/mol. The van der Waals surface area contributed by atoms with Crippen LogP contribution in [-0.4, -0.2) is 59.5 Å². The number of imide groups is 1. The highest BCUT2D eigenvalue weighted by Crippen LogP contribution is 2.40. The lowest BCUT2D eigenvalue weighted by atomic mass is 9.81. The summed E-state index contributed by atoms with van der Waals surface area (Å²) < 4.78 is 11.7. The average molecular weight is 617 g/mol. The molecule has 8 nitrogen and oxygen atoms in total. The number of methoxy groups -OCH3 is 1. The van der Waals surface area contributed by atoms with E-state index in [9.17, 15) is 19.5 Å². The lowest BCUT2D eigenvalue weighted by Gasteiger charge is -2.35. The fourth-order valence-electron chi connectivity index (χ4n) is 7.02. The van der Waals surface area contributed by atoms with E-state index in [0.29, 0.717) is 35.1 Å². The zero-order chi connectivity index (χ0) is 30.8. The number of carbonyl (C=O) groups excluding carboxylic acids is 2. The zero-order valence-electron chi connectivity index (χ0n) is 24.8. The van der Waals surface area contributed by atoms with Crippen molar-refractivity contribution in [1.82, 2.24) is 9.80 Å². The third-order valence-corrected chi connectivity index (χ3v) is 9.58. The van der Waals surface area contributed by atoms with Crippen LogP contribution in [0.1, 0.15) is 75.6 Å². The number of ether oxygens (including phenoxy) is 2. The molecule has 1 saturated carbocycles. The summed E-state index contributed by atoms with van der Waals surface area (Å²) in [5, 5.41) is 10.2. The lowest BCUT2D eigenvalue weighted by molar-refractivity contribution is -0.143. The predicted molar refractivity (Wildman–Crippen MR) is 166 cm³/mol. The average Bonchev–Trinajstić information content (AvgIpc) is 3.55. The summed E-state index contributed by atoms with van der Waals surface area (Å²) in [6.07, 6.45) is 5.27. The highest BCUT2D eigenvalue weighted by Gasteiger charge is 2.35. The molecule has 0 unspecified atom stereocenters. The van der Waals surface area contributed by atoms with Crippen molar-refractivity contribution in [3.8, 4) is 11.5 Å². The smallest absolute Gasteiger partial charge is 0.306 e. The maximum atomic E-state index is 12.7. The van der Waals surface area contributed by atoms with Gasteiger partial charge in [0.2, 0.25) is 0 Å². The van der Waals surface area contributed by atoms with Gasteiger partial charge in [-0.2, -0.15) is 0 Å². The molecule has 1 atom stereocenters. The maximum Gasteiger partial charge on any atom is 0.306 e. The number of rotatable bonds is 11. The van der Waals surface area contributed by atoms with Crippen LogP contribution in [0, 0.1) is 11.8 Å². The summed E-state index contributed by atoms with van der Waals surface area (Å²) in [5.41, 5.74) is 4.53. The van der Waals surface area contributed by atoms with Crippen molar-refractivity contribution in [1.29, 1.82) is 0 Å². The maximum absolute atomic E-state index is 12.7. The summed E-state index contributed by atoms with van der Waals surface area (Å²) in [4.78, 5) is 40.7. The second-order valence-corrected chi connectivity index (χ2v) is 12.5. The van der Waals surface area contributed by atoms with Crippen molar-refractivity contribution in [2.75, 3.05) is 26.8 Å². The van der Waals surface area contributed by atoms with E-state index in [4.69, 9.17) is 21.1 Å². The molecular formula is C35H37ClN2O6. The van der Waals surface area contributed by atoms with Gasteiger partial charge in [0.15, 0.2) is 11.5 Å². The molecule has 1 aliphatic heterocycles. The van der Waals surface area contributed by atoms with Crippen LogP contribution in [0.2, 0.25) is 5.02 Å². The molecule has 0 aromatic heterocycles. The van der Waals surface area contributed by atoms with Gasteiger partial charge in [0.1, 0.15) is 6.61 Å². The second-order valence-electron chi connectivity index (χ2n) is 12.0. The van der Waals surface area contributed by atoms with Crippen molar-refractivity contribution in [2.45, 2.75) is 51.1 Å². The van der Waals surface area contributed by atoms with Crippen LogP contribution in [0.3, 0.4) is 0 Å². The minimum atomic E-state index is -0.681. The molecule has 3 aromatic carbocycles. The largest absolute Gasteiger partial charge is 0.493 e. The van der Waals surface area contributed by atoms with Gasteiger partial charge in [-0.05, 0) is 97.5 Å². The minimum Gasteiger partial charge on any atom is -0.493 e. The molecule has 0 radical (unpaired) electrons. The number of benzene rings is 3. The fourth-order valence-corrected chi connectivity index (χ4v) is 7.22. The van der Waals surface area contributed by atoms with Gasteiger partial charge >= 0.3 is 5.97 Å². The first-order chi connectivity index (χ1) is 21.3. The number of carboxylic acid groups (broad SMARTS) is 1. The van der Waals surface area contributed by atoms with E-state index in [1.165, 1.54) is 16.0 Å². The van der Waals surface area contributed by atoms with Crippen molar-refractivity contribution in [3.63, 3.8) is 0 Å². The summed E-state index contributed by atoms with van der Waals surface area (Å²) in [5.74, 6) is 0.0572. The molecule has 0 bridgehead atoms. The van der Waals surface area contributed by atoms with E-state index in [0.717, 1.165) is 55.7 Å². The lowest BCUT2D eigenvalue weighted by Crippen LogP contribution is -2.34. The van der Waals surface area contributed by atoms with Crippen molar-refractivity contribution < 1.29 is 29.0 Å². The number of carbonyl (C=O) groups is 3. The Bertz CT molecular complexity index is 1530. The fraction of sp³-hybridized carbons (Fsp3) is 0.400. The van der Waals surface area contributed by atoms with Gasteiger partial charge in [0, 0.05) is 24.2 Å². The molecule has 0 saturated heterocycles. The predicted octanol–water partition coefficient (Wildman–Crippen LogP) is 6.40. The molecular weight excluding hydrogens is 580 g/mol. The molecule has 44 heavy (non-hydrogen) atoms. The van der Waals surface area contributed by atoms with Gasteiger partial charge in [0.05, 0.1) is 30.7 Å². The summed E-state index contributed by atoms with van der Waals surface area (Å²) in [6.45, 7) is 1.88. The van der Waals surface area contributed by atoms with Gasteiger partial charge in [0.25, 0.3) is 11.8 Å². The molecule has 6 rings (SSSR count). The normalized spacial score (nSPS) is 21.0. The van der Waals surface area contributed by atoms with E-state index in [2.05, 4.69) is 17.0 Å². The van der Waals surface area contributed by atoms with Crippen molar-refractivity contribution in [2.24, 2.45) is 11.8 Å². The first-order valence-corrected chi connectivity index (χ1v) is 15.7. The van der Waals surface area contributed by atoms with Crippen LogP contribution in [0.4, 0.5) is 0 Å². The van der Waals surface area contributed by atoms with Crippen LogP contribution < -0.4 is 9.47 Å². The van der Waals surface area contributed by atoms with E-state index in [-0.39, 0.29) is 36.9 Å². The summed E-state index contributed by atoms with van der Waals surface area (Å²) in [6, 6.07) is 19.2. The molecule has 3 aliphatic rings. The SMILES string of the molecule is COc1cc(CN(C[C@H]2CC[C@H](C(=O)O)CC2)[C@H]2CCc3cc(Cl)ccc32)ccc1OCCN1C(=O)c2ccccc2C1=O. The Hall–Kier alpha value is -3.88. The third kappa shape index (κ3) is 6.19. The Morgan fingerprint density at radius 2 is 1.68 bits per heavy atom. The number of halogens is 1. The molecule has 0 spiro atoms. The number of amides is 2. The van der Waals surface area contributed by atoms with Crippen LogP contribution in [0.25, 0.3) is 0 Å². The van der Waals surface area contributed by atoms with E-state index in [1.807, 2.05) is 24.3 Å². The van der Waals surface area contributed by atoms with Gasteiger partial charge in [-0.3, -0.25) is 24.2 Å². The van der Waals surface area contributed by atoms with Gasteiger partial charge in [-0.15, -0.1) is 0 Å². The number of hydrogen-bond acceptors (Lipinski definition) is 6. The molecule has 2 amide bonds. The van der Waals surface area contributed by atoms with E-state index >= 15 is 0 Å². The highest BCUT2D eigenvalue weighted by molar-refractivity contribution is 6.30. The van der Waals surface area contributed by atoms with Gasteiger partial charge < -0.3 is 14.6 Å². The van der Waals surface area contributed by atoms with Crippen LogP contribution >= 0.6 is 11.6 Å². The zero-order valence-corrected chi connectivity index (χ0v) is 25.6. The molecule has 1 fully saturated rings. The number of hydrogen-bond donors (Lipinski definition) is 1. The van der Waals surface area contributed by atoms with Gasteiger partial charge in [-0.25, -0.2) is 0 Å². The Labute approximate surface area is 262 Å². The standard InChI is InChI=1S/C35H37ClN2O6/c1-43-32-18-23(8-15-31(32)44-17-16-38-33(39)28-4-2-3-5-29(28)34(38)40)21-37(20-22-6-9-24(10-7-22)35(41)42)30-14-11-25-19-26(36)12-13-27(25)30/h2-5,8,12-13,15,18-19,22,24,30H,6-7,9-11,14,16-17,20-21H2,1H3,(H,41,42)/t22-,24-,30-/m0/s1. The van der Waals surface area contributed by atoms with Gasteiger partial charge in [-0.1, -0.05) is 35.9 Å². The number of nitrogens with zero attached hydrogens (tertiary/aromatic N) is 2. The highest BCUT2D eigenvalue weighted by atomic mass is 35.5. The molecule has 3 aromatic rings. The number of carboxylic acids is 1. The quantitative estimate of drug-likeness (QED) is 0.249. The number of aliphatic carboxylic acids is 1. The number of aryl methyl sites for hydroxylation is 1. The minimum absolute atomic E-state index is 0.139. The molecule has 1 heterocycles.